The number of aliphatic hydroxyl groups excluding tert-OH is 1. The molecule has 0 rings (SSSR count). The van der Waals surface area contributed by atoms with Crippen molar-refractivity contribution in [3.8, 4) is 0 Å². The lowest BCUT2D eigenvalue weighted by Crippen LogP contribution is -2.51. The van der Waals surface area contributed by atoms with E-state index in [-0.39, 0.29) is 0 Å². The zero-order valence-electron chi connectivity index (χ0n) is 8.48. The van der Waals surface area contributed by atoms with Gasteiger partial charge in [0, 0.05) is 6.92 Å². The van der Waals surface area contributed by atoms with Gasteiger partial charge in [0.05, 0.1) is 6.61 Å². The number of amides is 2. The van der Waals surface area contributed by atoms with E-state index in [1.165, 1.54) is 13.8 Å². The summed E-state index contributed by atoms with van der Waals surface area (Å²) in [5, 5.41) is 21.5. The van der Waals surface area contributed by atoms with Gasteiger partial charge in [0.2, 0.25) is 11.8 Å². The Kier molecular flexibility index (Phi) is 5.32. The first-order valence-corrected chi connectivity index (χ1v) is 4.29. The predicted octanol–water partition coefficient (Wildman–Crippen LogP) is -1.93. The van der Waals surface area contributed by atoms with Gasteiger partial charge in [-0.15, -0.1) is 0 Å². The summed E-state index contributed by atoms with van der Waals surface area (Å²) < 4.78 is 0. The molecule has 0 aromatic rings. The Morgan fingerprint density at radius 1 is 1.27 bits per heavy atom. The first-order valence-electron chi connectivity index (χ1n) is 4.29. The van der Waals surface area contributed by atoms with Crippen molar-refractivity contribution in [2.45, 2.75) is 25.9 Å². The van der Waals surface area contributed by atoms with Gasteiger partial charge in [0.15, 0.2) is 0 Å². The summed E-state index contributed by atoms with van der Waals surface area (Å²) in [5.74, 6) is -2.39. The molecule has 2 unspecified atom stereocenters. The molecule has 2 atom stereocenters. The molecule has 0 saturated heterocycles. The Labute approximate surface area is 86.5 Å². The third-order valence-corrected chi connectivity index (χ3v) is 1.61. The predicted molar refractivity (Wildman–Crippen MR) is 49.9 cm³/mol. The van der Waals surface area contributed by atoms with Crippen LogP contribution in [-0.4, -0.2) is 46.7 Å². The molecule has 0 fully saturated rings. The van der Waals surface area contributed by atoms with E-state index in [1.807, 2.05) is 0 Å². The number of aliphatic carboxylic acids is 1. The maximum atomic E-state index is 11.3. The van der Waals surface area contributed by atoms with Crippen LogP contribution in [-0.2, 0) is 14.4 Å². The van der Waals surface area contributed by atoms with Crippen molar-refractivity contribution < 1.29 is 24.6 Å². The lowest BCUT2D eigenvalue weighted by molar-refractivity contribution is -0.143. The monoisotopic (exact) mass is 218 g/mol. The zero-order valence-corrected chi connectivity index (χ0v) is 8.48. The number of rotatable bonds is 5. The van der Waals surface area contributed by atoms with E-state index in [0.29, 0.717) is 0 Å². The molecule has 0 aliphatic heterocycles. The Morgan fingerprint density at radius 3 is 2.13 bits per heavy atom. The molecule has 0 spiro atoms. The minimum Gasteiger partial charge on any atom is -0.480 e. The highest BCUT2D eigenvalue weighted by atomic mass is 16.4. The van der Waals surface area contributed by atoms with Gasteiger partial charge in [-0.25, -0.2) is 4.79 Å². The zero-order chi connectivity index (χ0) is 12.0. The number of hydrogen-bond donors (Lipinski definition) is 4. The minimum absolute atomic E-state index is 0.395. The maximum Gasteiger partial charge on any atom is 0.328 e. The van der Waals surface area contributed by atoms with Crippen LogP contribution >= 0.6 is 0 Å². The van der Waals surface area contributed by atoms with Crippen molar-refractivity contribution in [2.75, 3.05) is 6.61 Å². The average Bonchev–Trinajstić information content (AvgIpc) is 2.11. The number of carbonyl (C=O) groups excluding carboxylic acids is 2. The molecule has 0 aromatic carbocycles. The summed E-state index contributed by atoms with van der Waals surface area (Å²) in [7, 11) is 0. The number of carbonyl (C=O) groups is 3. The van der Waals surface area contributed by atoms with Gasteiger partial charge in [-0.05, 0) is 6.92 Å². The summed E-state index contributed by atoms with van der Waals surface area (Å²) >= 11 is 0. The van der Waals surface area contributed by atoms with E-state index >= 15 is 0 Å². The van der Waals surface area contributed by atoms with E-state index < -0.39 is 36.5 Å². The molecular weight excluding hydrogens is 204 g/mol. The molecule has 0 aliphatic carbocycles. The van der Waals surface area contributed by atoms with Crippen molar-refractivity contribution in [1.82, 2.24) is 10.6 Å². The molecule has 86 valence electrons. The summed E-state index contributed by atoms with van der Waals surface area (Å²) in [5.41, 5.74) is 0. The van der Waals surface area contributed by atoms with Crippen LogP contribution in [0.2, 0.25) is 0 Å². The standard InChI is InChI=1S/C8H14N2O5/c1-4(9-5(2)12)7(13)10-6(3-11)8(14)15/h4,6,11H,3H2,1-2H3,(H,9,12)(H,10,13)(H,14,15). The molecule has 2 amide bonds. The van der Waals surface area contributed by atoms with E-state index in [0.717, 1.165) is 0 Å². The van der Waals surface area contributed by atoms with Crippen LogP contribution in [0, 0.1) is 0 Å². The van der Waals surface area contributed by atoms with Crippen LogP contribution < -0.4 is 10.6 Å². The van der Waals surface area contributed by atoms with Crippen molar-refractivity contribution in [2.24, 2.45) is 0 Å². The van der Waals surface area contributed by atoms with E-state index in [4.69, 9.17) is 10.2 Å². The van der Waals surface area contributed by atoms with Crippen LogP contribution in [0.25, 0.3) is 0 Å². The fourth-order valence-electron chi connectivity index (χ4n) is 0.853. The highest BCUT2D eigenvalue weighted by Crippen LogP contribution is 1.87. The van der Waals surface area contributed by atoms with Crippen molar-refractivity contribution in [3.05, 3.63) is 0 Å². The van der Waals surface area contributed by atoms with E-state index in [2.05, 4.69) is 10.6 Å². The number of hydrogen-bond acceptors (Lipinski definition) is 4. The average molecular weight is 218 g/mol. The topological polar surface area (TPSA) is 116 Å². The Hall–Kier alpha value is -1.63. The van der Waals surface area contributed by atoms with E-state index in [1.54, 1.807) is 0 Å². The molecule has 0 aromatic heterocycles. The van der Waals surface area contributed by atoms with Gasteiger partial charge < -0.3 is 20.8 Å². The van der Waals surface area contributed by atoms with E-state index in [9.17, 15) is 14.4 Å². The van der Waals surface area contributed by atoms with Crippen LogP contribution in [0.1, 0.15) is 13.8 Å². The summed E-state index contributed by atoms with van der Waals surface area (Å²) in [6.45, 7) is 1.95. The quantitative estimate of drug-likeness (QED) is 0.429. The molecule has 0 saturated carbocycles. The van der Waals surface area contributed by atoms with Gasteiger partial charge >= 0.3 is 5.97 Å². The first kappa shape index (κ1) is 13.4. The third kappa shape index (κ3) is 4.96. The summed E-state index contributed by atoms with van der Waals surface area (Å²) in [6, 6.07) is -2.19. The normalized spacial score (nSPS) is 13.8. The number of carboxylic acid groups (broad SMARTS) is 1. The third-order valence-electron chi connectivity index (χ3n) is 1.61. The molecule has 0 aliphatic rings. The number of carboxylic acids is 1. The Balaban J connectivity index is 4.21. The Bertz CT molecular complexity index is 266. The lowest BCUT2D eigenvalue weighted by atomic mass is 10.2. The molecule has 4 N–H and O–H groups in total. The fraction of sp³-hybridized carbons (Fsp3) is 0.625. The molecule has 0 heterocycles. The van der Waals surface area contributed by atoms with Crippen molar-refractivity contribution in [3.63, 3.8) is 0 Å². The fourth-order valence-corrected chi connectivity index (χ4v) is 0.853. The molecule has 7 nitrogen and oxygen atoms in total. The molecule has 15 heavy (non-hydrogen) atoms. The van der Waals surface area contributed by atoms with Gasteiger partial charge in [0.1, 0.15) is 12.1 Å². The van der Waals surface area contributed by atoms with Gasteiger partial charge in [-0.2, -0.15) is 0 Å². The first-order chi connectivity index (χ1) is 6.88. The smallest absolute Gasteiger partial charge is 0.328 e. The molecule has 0 bridgehead atoms. The van der Waals surface area contributed by atoms with Crippen LogP contribution in [0.15, 0.2) is 0 Å². The molecule has 0 radical (unpaired) electrons. The van der Waals surface area contributed by atoms with Crippen LogP contribution in [0.4, 0.5) is 0 Å². The number of nitrogens with one attached hydrogen (secondary N) is 2. The van der Waals surface area contributed by atoms with Gasteiger partial charge in [-0.1, -0.05) is 0 Å². The second-order valence-electron chi connectivity index (χ2n) is 3.00. The highest BCUT2D eigenvalue weighted by Gasteiger charge is 2.22. The van der Waals surface area contributed by atoms with Crippen molar-refractivity contribution >= 4 is 17.8 Å². The second kappa shape index (κ2) is 5.97. The summed E-state index contributed by atoms with van der Waals surface area (Å²) in [6.07, 6.45) is 0. The molecular formula is C8H14N2O5. The highest BCUT2D eigenvalue weighted by molar-refractivity contribution is 5.89. The van der Waals surface area contributed by atoms with Gasteiger partial charge in [0.25, 0.3) is 0 Å². The SMILES string of the molecule is CC(=O)NC(C)C(=O)NC(CO)C(=O)O. The van der Waals surface area contributed by atoms with Crippen LogP contribution in [0.5, 0.6) is 0 Å². The molecule has 7 heteroatoms. The van der Waals surface area contributed by atoms with Crippen LogP contribution in [0.3, 0.4) is 0 Å². The lowest BCUT2D eigenvalue weighted by Gasteiger charge is -2.16. The maximum absolute atomic E-state index is 11.3. The number of aliphatic hydroxyl groups is 1. The summed E-state index contributed by atoms with van der Waals surface area (Å²) in [4.78, 5) is 32.3. The Morgan fingerprint density at radius 2 is 1.80 bits per heavy atom. The minimum atomic E-state index is -1.35. The van der Waals surface area contributed by atoms with Gasteiger partial charge in [-0.3, -0.25) is 9.59 Å². The largest absolute Gasteiger partial charge is 0.480 e. The second-order valence-corrected chi connectivity index (χ2v) is 3.00. The van der Waals surface area contributed by atoms with Crippen molar-refractivity contribution in [1.29, 1.82) is 0 Å².